The molecule has 2 aromatic rings. The van der Waals surface area contributed by atoms with Crippen molar-refractivity contribution in [1.82, 2.24) is 20.2 Å². The molecule has 1 aliphatic rings. The molecule has 1 N–H and O–H groups in total. The van der Waals surface area contributed by atoms with Gasteiger partial charge < -0.3 is 10.1 Å². The average molecular weight is 287 g/mol. The predicted octanol–water partition coefficient (Wildman–Crippen LogP) is 2.28. The number of anilines is 1. The second-order valence-corrected chi connectivity index (χ2v) is 5.82. The van der Waals surface area contributed by atoms with Crippen molar-refractivity contribution in [3.05, 3.63) is 30.6 Å². The highest BCUT2D eigenvalue weighted by Crippen LogP contribution is 2.24. The van der Waals surface area contributed by atoms with Gasteiger partial charge >= 0.3 is 0 Å². The minimum absolute atomic E-state index is 0.346. The van der Waals surface area contributed by atoms with Crippen molar-refractivity contribution in [3.8, 4) is 5.69 Å². The monoisotopic (exact) mass is 287 g/mol. The Morgan fingerprint density at radius 1 is 1.38 bits per heavy atom. The van der Waals surface area contributed by atoms with E-state index in [2.05, 4.69) is 46.8 Å². The van der Waals surface area contributed by atoms with Crippen LogP contribution in [0.15, 0.2) is 30.6 Å². The number of tetrazole rings is 1. The maximum Gasteiger partial charge on any atom is 0.143 e. The van der Waals surface area contributed by atoms with Crippen LogP contribution >= 0.6 is 0 Å². The van der Waals surface area contributed by atoms with Crippen LogP contribution in [0.5, 0.6) is 0 Å². The highest BCUT2D eigenvalue weighted by Gasteiger charge is 2.24. The first-order valence-corrected chi connectivity index (χ1v) is 7.44. The number of hydrogen-bond acceptors (Lipinski definition) is 5. The SMILES string of the molecule is CC(C)C1CC(Nc2cccc(-n3cnnn3)c2)CCO1. The third-order valence-electron chi connectivity index (χ3n) is 3.89. The van der Waals surface area contributed by atoms with Crippen molar-refractivity contribution in [3.63, 3.8) is 0 Å². The number of rotatable bonds is 4. The van der Waals surface area contributed by atoms with Gasteiger partial charge in [-0.05, 0) is 47.4 Å². The fourth-order valence-electron chi connectivity index (χ4n) is 2.68. The Bertz CT molecular complexity index is 569. The molecule has 3 rings (SSSR count). The number of ether oxygens (including phenoxy) is 1. The summed E-state index contributed by atoms with van der Waals surface area (Å²) in [6.07, 6.45) is 4.03. The van der Waals surface area contributed by atoms with E-state index >= 15 is 0 Å². The Hall–Kier alpha value is -1.95. The standard InChI is InChI=1S/C15H21N5O/c1-11(2)15-9-13(6-7-21-15)17-12-4-3-5-14(8-12)20-10-16-18-19-20/h3-5,8,10-11,13,15,17H,6-7,9H2,1-2H3. The summed E-state index contributed by atoms with van der Waals surface area (Å²) in [4.78, 5) is 0. The largest absolute Gasteiger partial charge is 0.382 e. The van der Waals surface area contributed by atoms with Crippen molar-refractivity contribution < 1.29 is 4.74 Å². The zero-order chi connectivity index (χ0) is 14.7. The molecule has 0 radical (unpaired) electrons. The molecule has 0 bridgehead atoms. The van der Waals surface area contributed by atoms with Gasteiger partial charge in [-0.25, -0.2) is 4.68 Å². The summed E-state index contributed by atoms with van der Waals surface area (Å²) >= 11 is 0. The van der Waals surface area contributed by atoms with Gasteiger partial charge in [0.15, 0.2) is 0 Å². The normalized spacial score (nSPS) is 22.4. The van der Waals surface area contributed by atoms with Crippen molar-refractivity contribution >= 4 is 5.69 Å². The summed E-state index contributed by atoms with van der Waals surface area (Å²) in [6, 6.07) is 8.60. The molecule has 6 nitrogen and oxygen atoms in total. The van der Waals surface area contributed by atoms with Crippen LogP contribution in [-0.4, -0.2) is 39.0 Å². The molecular formula is C15H21N5O. The van der Waals surface area contributed by atoms with Crippen LogP contribution in [0.25, 0.3) is 5.69 Å². The van der Waals surface area contributed by atoms with Gasteiger partial charge in [-0.15, -0.1) is 5.10 Å². The minimum Gasteiger partial charge on any atom is -0.382 e. The molecule has 21 heavy (non-hydrogen) atoms. The maximum atomic E-state index is 5.82. The first kappa shape index (κ1) is 14.0. The van der Waals surface area contributed by atoms with Crippen molar-refractivity contribution in [1.29, 1.82) is 0 Å². The lowest BCUT2D eigenvalue weighted by Gasteiger charge is -2.33. The van der Waals surface area contributed by atoms with Gasteiger partial charge in [-0.2, -0.15) is 0 Å². The summed E-state index contributed by atoms with van der Waals surface area (Å²) in [5, 5.41) is 14.9. The molecule has 1 aromatic carbocycles. The summed E-state index contributed by atoms with van der Waals surface area (Å²) < 4.78 is 7.48. The van der Waals surface area contributed by atoms with E-state index in [0.717, 1.165) is 30.8 Å². The van der Waals surface area contributed by atoms with Crippen LogP contribution < -0.4 is 5.32 Å². The van der Waals surface area contributed by atoms with E-state index in [4.69, 9.17) is 4.74 Å². The lowest BCUT2D eigenvalue weighted by atomic mass is 9.95. The first-order valence-electron chi connectivity index (χ1n) is 7.44. The second-order valence-electron chi connectivity index (χ2n) is 5.82. The van der Waals surface area contributed by atoms with Gasteiger partial charge in [0, 0.05) is 18.3 Å². The second kappa shape index (κ2) is 6.22. The molecule has 0 amide bonds. The van der Waals surface area contributed by atoms with E-state index in [-0.39, 0.29) is 0 Å². The lowest BCUT2D eigenvalue weighted by Crippen LogP contribution is -2.36. The van der Waals surface area contributed by atoms with E-state index in [9.17, 15) is 0 Å². The summed E-state index contributed by atoms with van der Waals surface area (Å²) in [6.45, 7) is 5.25. The number of nitrogens with one attached hydrogen (secondary N) is 1. The fourth-order valence-corrected chi connectivity index (χ4v) is 2.68. The zero-order valence-electron chi connectivity index (χ0n) is 12.4. The summed E-state index contributed by atoms with van der Waals surface area (Å²) in [5.74, 6) is 0.558. The van der Waals surface area contributed by atoms with Crippen molar-refractivity contribution in [2.45, 2.75) is 38.8 Å². The van der Waals surface area contributed by atoms with Crippen LogP contribution in [0.2, 0.25) is 0 Å². The molecule has 1 fully saturated rings. The van der Waals surface area contributed by atoms with Crippen molar-refractivity contribution in [2.75, 3.05) is 11.9 Å². The van der Waals surface area contributed by atoms with Crippen LogP contribution in [0.4, 0.5) is 5.69 Å². The number of hydrogen-bond donors (Lipinski definition) is 1. The van der Waals surface area contributed by atoms with Crippen LogP contribution in [0.1, 0.15) is 26.7 Å². The number of aromatic nitrogens is 4. The van der Waals surface area contributed by atoms with E-state index < -0.39 is 0 Å². The molecule has 2 unspecified atom stereocenters. The van der Waals surface area contributed by atoms with E-state index in [1.165, 1.54) is 0 Å². The van der Waals surface area contributed by atoms with Gasteiger partial charge in [0.25, 0.3) is 0 Å². The molecule has 2 heterocycles. The smallest absolute Gasteiger partial charge is 0.143 e. The molecule has 1 saturated heterocycles. The summed E-state index contributed by atoms with van der Waals surface area (Å²) in [7, 11) is 0. The highest BCUT2D eigenvalue weighted by molar-refractivity contribution is 5.51. The Balaban J connectivity index is 1.69. The van der Waals surface area contributed by atoms with Crippen LogP contribution in [-0.2, 0) is 4.74 Å². The quantitative estimate of drug-likeness (QED) is 0.934. The predicted molar refractivity (Wildman–Crippen MR) is 80.4 cm³/mol. The molecule has 1 aromatic heterocycles. The van der Waals surface area contributed by atoms with E-state index in [1.54, 1.807) is 11.0 Å². The maximum absolute atomic E-state index is 5.82. The molecule has 1 aliphatic heterocycles. The van der Waals surface area contributed by atoms with Gasteiger partial charge in [0.1, 0.15) is 6.33 Å². The van der Waals surface area contributed by atoms with E-state index in [0.29, 0.717) is 18.1 Å². The van der Waals surface area contributed by atoms with Crippen molar-refractivity contribution in [2.24, 2.45) is 5.92 Å². The van der Waals surface area contributed by atoms with Crippen LogP contribution in [0, 0.1) is 5.92 Å². The highest BCUT2D eigenvalue weighted by atomic mass is 16.5. The number of nitrogens with zero attached hydrogens (tertiary/aromatic N) is 4. The third kappa shape index (κ3) is 3.39. The molecule has 0 saturated carbocycles. The van der Waals surface area contributed by atoms with Gasteiger partial charge in [0.2, 0.25) is 0 Å². The van der Waals surface area contributed by atoms with Gasteiger partial charge in [-0.3, -0.25) is 0 Å². The first-order chi connectivity index (χ1) is 10.2. The average Bonchev–Trinajstić information content (AvgIpc) is 3.02. The molecule has 0 spiro atoms. The Morgan fingerprint density at radius 3 is 3.05 bits per heavy atom. The fraction of sp³-hybridized carbons (Fsp3) is 0.533. The molecule has 112 valence electrons. The summed E-state index contributed by atoms with van der Waals surface area (Å²) in [5.41, 5.74) is 2.05. The molecule has 6 heteroatoms. The topological polar surface area (TPSA) is 64.9 Å². The molecular weight excluding hydrogens is 266 g/mol. The number of benzene rings is 1. The Labute approximate surface area is 124 Å². The minimum atomic E-state index is 0.346. The van der Waals surface area contributed by atoms with Gasteiger partial charge in [-0.1, -0.05) is 19.9 Å². The van der Waals surface area contributed by atoms with Gasteiger partial charge in [0.05, 0.1) is 11.8 Å². The Kier molecular flexibility index (Phi) is 4.15. The van der Waals surface area contributed by atoms with E-state index in [1.807, 2.05) is 12.1 Å². The lowest BCUT2D eigenvalue weighted by molar-refractivity contribution is -0.0160. The van der Waals surface area contributed by atoms with Crippen LogP contribution in [0.3, 0.4) is 0 Å². The Morgan fingerprint density at radius 2 is 2.29 bits per heavy atom. The molecule has 0 aliphatic carbocycles. The zero-order valence-corrected chi connectivity index (χ0v) is 12.4. The third-order valence-corrected chi connectivity index (χ3v) is 3.89. The molecule has 2 atom stereocenters.